The fraction of sp³-hybridized carbons (Fsp3) is 0.611. The fourth-order valence-electron chi connectivity index (χ4n) is 3.81. The van der Waals surface area contributed by atoms with Gasteiger partial charge >= 0.3 is 0 Å². The van der Waals surface area contributed by atoms with Crippen molar-refractivity contribution in [2.24, 2.45) is 0 Å². The van der Waals surface area contributed by atoms with E-state index in [1.165, 1.54) is 12.7 Å². The molecule has 0 aromatic carbocycles. The van der Waals surface area contributed by atoms with Gasteiger partial charge in [-0.25, -0.2) is 15.0 Å². The molecule has 9 nitrogen and oxygen atoms in total. The first-order chi connectivity index (χ1) is 13.1. The lowest BCUT2D eigenvalue weighted by Gasteiger charge is -2.28. The largest absolute Gasteiger partial charge is 0.386 e. The Morgan fingerprint density at radius 3 is 2.67 bits per heavy atom. The van der Waals surface area contributed by atoms with Crippen LogP contribution in [0.2, 0.25) is 0 Å². The summed E-state index contributed by atoms with van der Waals surface area (Å²) in [5.74, 6) is 2.98. The standard InChI is InChI=1S/C18H23N5O4/c1-3-12-14(24)15(25)18(27-12)23-9-21-13-16(19-8-20-17(13)23)22-10-4-6-11(26-2)7-5-10/h1,8-12,14-15,18,24-25H,4-7H2,2H3,(H,19,20,22)/t10?,11?,12-,14-,15-,18-/m1/s1. The summed E-state index contributed by atoms with van der Waals surface area (Å²) in [4.78, 5) is 13.0. The molecule has 144 valence electrons. The molecule has 2 aromatic heterocycles. The van der Waals surface area contributed by atoms with Crippen LogP contribution in [0.4, 0.5) is 5.82 Å². The second kappa shape index (κ2) is 7.40. The summed E-state index contributed by atoms with van der Waals surface area (Å²) in [6.07, 6.45) is 8.57. The lowest BCUT2D eigenvalue weighted by Crippen LogP contribution is -2.31. The van der Waals surface area contributed by atoms with Gasteiger partial charge in [0.05, 0.1) is 12.4 Å². The van der Waals surface area contributed by atoms with E-state index in [4.69, 9.17) is 15.9 Å². The van der Waals surface area contributed by atoms with E-state index in [1.807, 2.05) is 0 Å². The summed E-state index contributed by atoms with van der Waals surface area (Å²) in [5.41, 5.74) is 1.09. The Balaban J connectivity index is 1.57. The van der Waals surface area contributed by atoms with Crippen molar-refractivity contribution in [2.75, 3.05) is 12.4 Å². The summed E-state index contributed by atoms with van der Waals surface area (Å²) in [7, 11) is 1.75. The van der Waals surface area contributed by atoms with E-state index in [0.717, 1.165) is 25.7 Å². The Kier molecular flexibility index (Phi) is 4.97. The highest BCUT2D eigenvalue weighted by molar-refractivity contribution is 5.82. The van der Waals surface area contributed by atoms with Crippen molar-refractivity contribution in [3.8, 4) is 12.3 Å². The number of terminal acetylenes is 1. The molecule has 1 saturated heterocycles. The molecule has 1 aliphatic heterocycles. The third kappa shape index (κ3) is 3.26. The second-order valence-corrected chi connectivity index (χ2v) is 7.00. The monoisotopic (exact) mass is 373 g/mol. The second-order valence-electron chi connectivity index (χ2n) is 7.00. The maximum atomic E-state index is 10.3. The molecule has 3 N–H and O–H groups in total. The van der Waals surface area contributed by atoms with E-state index < -0.39 is 24.5 Å². The van der Waals surface area contributed by atoms with Crippen LogP contribution in [0, 0.1) is 12.3 Å². The molecule has 0 amide bonds. The van der Waals surface area contributed by atoms with E-state index >= 15 is 0 Å². The molecule has 2 aliphatic rings. The number of anilines is 1. The van der Waals surface area contributed by atoms with Crippen LogP contribution in [0.25, 0.3) is 11.2 Å². The van der Waals surface area contributed by atoms with Crippen LogP contribution in [-0.4, -0.2) is 67.3 Å². The maximum Gasteiger partial charge on any atom is 0.167 e. The Morgan fingerprint density at radius 2 is 2.00 bits per heavy atom. The molecule has 2 fully saturated rings. The predicted octanol–water partition coefficient (Wildman–Crippen LogP) is 0.448. The van der Waals surface area contributed by atoms with Gasteiger partial charge in [0, 0.05) is 13.2 Å². The number of nitrogens with zero attached hydrogens (tertiary/aromatic N) is 4. The molecule has 27 heavy (non-hydrogen) atoms. The Morgan fingerprint density at radius 1 is 1.22 bits per heavy atom. The number of aliphatic hydroxyl groups is 2. The molecular formula is C18H23N5O4. The first-order valence-electron chi connectivity index (χ1n) is 9.07. The molecule has 0 spiro atoms. The number of hydrogen-bond donors (Lipinski definition) is 3. The van der Waals surface area contributed by atoms with Crippen molar-refractivity contribution in [1.82, 2.24) is 19.5 Å². The van der Waals surface area contributed by atoms with Gasteiger partial charge in [0.15, 0.2) is 23.2 Å². The van der Waals surface area contributed by atoms with E-state index in [0.29, 0.717) is 29.1 Å². The number of aromatic nitrogens is 4. The van der Waals surface area contributed by atoms with E-state index in [9.17, 15) is 10.2 Å². The molecule has 1 aliphatic carbocycles. The molecule has 4 rings (SSSR count). The average molecular weight is 373 g/mol. The number of rotatable bonds is 4. The topological polar surface area (TPSA) is 115 Å². The summed E-state index contributed by atoms with van der Waals surface area (Å²) in [6, 6.07) is 0.292. The third-order valence-corrected chi connectivity index (χ3v) is 5.38. The van der Waals surface area contributed by atoms with E-state index in [-0.39, 0.29) is 0 Å². The summed E-state index contributed by atoms with van der Waals surface area (Å²) < 4.78 is 12.6. The quantitative estimate of drug-likeness (QED) is 0.662. The van der Waals surface area contributed by atoms with Gasteiger partial charge in [0.2, 0.25) is 0 Å². The van der Waals surface area contributed by atoms with Gasteiger partial charge in [-0.05, 0) is 25.7 Å². The van der Waals surface area contributed by atoms with Crippen LogP contribution in [0.1, 0.15) is 31.9 Å². The molecule has 4 atom stereocenters. The number of fused-ring (bicyclic) bond motifs is 1. The first kappa shape index (κ1) is 18.1. The lowest BCUT2D eigenvalue weighted by atomic mass is 9.93. The minimum absolute atomic E-state index is 0.292. The Labute approximate surface area is 156 Å². The zero-order valence-electron chi connectivity index (χ0n) is 15.0. The summed E-state index contributed by atoms with van der Waals surface area (Å²) >= 11 is 0. The van der Waals surface area contributed by atoms with Gasteiger partial charge in [-0.15, -0.1) is 6.42 Å². The fourth-order valence-corrected chi connectivity index (χ4v) is 3.81. The molecule has 0 bridgehead atoms. The number of aliphatic hydroxyl groups excluding tert-OH is 2. The number of hydrogen-bond acceptors (Lipinski definition) is 8. The van der Waals surface area contributed by atoms with Crippen LogP contribution in [0.15, 0.2) is 12.7 Å². The molecule has 0 radical (unpaired) electrons. The zero-order chi connectivity index (χ0) is 19.0. The number of nitrogens with one attached hydrogen (secondary N) is 1. The Hall–Kier alpha value is -2.25. The van der Waals surface area contributed by atoms with Crippen LogP contribution in [0.5, 0.6) is 0 Å². The van der Waals surface area contributed by atoms with Crippen molar-refractivity contribution in [2.45, 2.75) is 62.4 Å². The highest BCUT2D eigenvalue weighted by Crippen LogP contribution is 2.32. The van der Waals surface area contributed by atoms with Gasteiger partial charge in [-0.2, -0.15) is 0 Å². The molecule has 2 aromatic rings. The molecule has 0 unspecified atom stereocenters. The van der Waals surface area contributed by atoms with Gasteiger partial charge < -0.3 is 25.0 Å². The SMILES string of the molecule is C#C[C@H]1O[C@@H](n2cnc3c(NC4CCC(OC)CC4)ncnc32)[C@H](O)[C@@H]1O. The predicted molar refractivity (Wildman–Crippen MR) is 96.8 cm³/mol. The number of ether oxygens (including phenoxy) is 2. The minimum atomic E-state index is -1.17. The van der Waals surface area contributed by atoms with Crippen LogP contribution in [0.3, 0.4) is 0 Å². The average Bonchev–Trinajstić information content (AvgIpc) is 3.25. The van der Waals surface area contributed by atoms with Gasteiger partial charge in [-0.3, -0.25) is 4.57 Å². The van der Waals surface area contributed by atoms with Crippen molar-refractivity contribution < 1.29 is 19.7 Å². The van der Waals surface area contributed by atoms with Crippen molar-refractivity contribution in [1.29, 1.82) is 0 Å². The van der Waals surface area contributed by atoms with Gasteiger partial charge in [-0.1, -0.05) is 5.92 Å². The van der Waals surface area contributed by atoms with Gasteiger partial charge in [0.1, 0.15) is 24.6 Å². The molecular weight excluding hydrogens is 350 g/mol. The van der Waals surface area contributed by atoms with Gasteiger partial charge in [0.25, 0.3) is 0 Å². The van der Waals surface area contributed by atoms with Crippen molar-refractivity contribution >= 4 is 17.0 Å². The van der Waals surface area contributed by atoms with Crippen LogP contribution >= 0.6 is 0 Å². The molecule has 1 saturated carbocycles. The highest BCUT2D eigenvalue weighted by atomic mass is 16.6. The highest BCUT2D eigenvalue weighted by Gasteiger charge is 2.43. The molecule has 3 heterocycles. The minimum Gasteiger partial charge on any atom is -0.386 e. The number of methoxy groups -OCH3 is 1. The zero-order valence-corrected chi connectivity index (χ0v) is 15.0. The van der Waals surface area contributed by atoms with Crippen molar-refractivity contribution in [3.63, 3.8) is 0 Å². The third-order valence-electron chi connectivity index (χ3n) is 5.38. The van der Waals surface area contributed by atoms with Crippen LogP contribution in [-0.2, 0) is 9.47 Å². The number of imidazole rings is 1. The van der Waals surface area contributed by atoms with Crippen LogP contribution < -0.4 is 5.32 Å². The Bertz CT molecular complexity index is 842. The lowest BCUT2D eigenvalue weighted by molar-refractivity contribution is -0.0230. The van der Waals surface area contributed by atoms with Crippen molar-refractivity contribution in [3.05, 3.63) is 12.7 Å². The normalized spacial score (nSPS) is 33.9. The summed E-state index contributed by atoms with van der Waals surface area (Å²) in [6.45, 7) is 0. The van der Waals surface area contributed by atoms with E-state index in [2.05, 4.69) is 26.2 Å². The first-order valence-corrected chi connectivity index (χ1v) is 9.07. The smallest absolute Gasteiger partial charge is 0.167 e. The molecule has 9 heteroatoms. The van der Waals surface area contributed by atoms with E-state index in [1.54, 1.807) is 11.7 Å². The maximum absolute atomic E-state index is 10.3. The summed E-state index contributed by atoms with van der Waals surface area (Å²) in [5, 5.41) is 23.7.